The Bertz CT molecular complexity index is 1460. The first-order valence-electron chi connectivity index (χ1n) is 14.7. The fourth-order valence-corrected chi connectivity index (χ4v) is 10.2. The average molecular weight is 520 g/mol. The molecule has 0 amide bonds. The Morgan fingerprint density at radius 2 is 1.97 bits per heavy atom. The van der Waals surface area contributed by atoms with Crippen molar-refractivity contribution in [2.45, 2.75) is 69.8 Å². The second-order valence-electron chi connectivity index (χ2n) is 13.2. The molecular formula is C35H37NO3. The normalized spacial score (nSPS) is 38.3. The lowest BCUT2D eigenvalue weighted by atomic mass is 9.39. The van der Waals surface area contributed by atoms with Crippen LogP contribution in [0.4, 0.5) is 0 Å². The first kappa shape index (κ1) is 25.0. The third-order valence-corrected chi connectivity index (χ3v) is 11.8. The molecule has 3 fully saturated rings. The van der Waals surface area contributed by atoms with Gasteiger partial charge in [-0.1, -0.05) is 61.0 Å². The van der Waals surface area contributed by atoms with Gasteiger partial charge < -0.3 is 10.2 Å². The Hall–Kier alpha value is -3.00. The van der Waals surface area contributed by atoms with Crippen molar-refractivity contribution in [3.05, 3.63) is 83.0 Å². The third-order valence-electron chi connectivity index (χ3n) is 11.8. The maximum Gasteiger partial charge on any atom is 0.155 e. The molecule has 5 aliphatic carbocycles. The van der Waals surface area contributed by atoms with Gasteiger partial charge in [-0.05, 0) is 108 Å². The van der Waals surface area contributed by atoms with Crippen LogP contribution in [-0.2, 0) is 11.2 Å². The van der Waals surface area contributed by atoms with Crippen molar-refractivity contribution in [2.24, 2.45) is 28.6 Å². The van der Waals surface area contributed by atoms with E-state index in [0.717, 1.165) is 56.1 Å². The highest BCUT2D eigenvalue weighted by Crippen LogP contribution is 2.73. The summed E-state index contributed by atoms with van der Waals surface area (Å²) in [7, 11) is 0. The average Bonchev–Trinajstić information content (AvgIpc) is 3.21. The molecule has 2 N–H and O–H groups in total. The quantitative estimate of drug-likeness (QED) is 0.469. The summed E-state index contributed by atoms with van der Waals surface area (Å²) in [5, 5.41) is 31.3. The first-order chi connectivity index (χ1) is 18.8. The number of fused-ring (bicyclic) bond motifs is 4. The van der Waals surface area contributed by atoms with E-state index in [2.05, 4.69) is 31.2 Å². The van der Waals surface area contributed by atoms with Crippen LogP contribution in [0.25, 0.3) is 11.1 Å². The second-order valence-corrected chi connectivity index (χ2v) is 13.2. The molecule has 3 saturated carbocycles. The number of benzene rings is 2. The second kappa shape index (κ2) is 8.75. The van der Waals surface area contributed by atoms with E-state index in [0.29, 0.717) is 35.7 Å². The zero-order chi connectivity index (χ0) is 27.0. The zero-order valence-corrected chi connectivity index (χ0v) is 22.7. The fraction of sp³-hybridized carbons (Fsp3) is 0.486. The van der Waals surface area contributed by atoms with Gasteiger partial charge in [-0.3, -0.25) is 4.79 Å². The predicted molar refractivity (Wildman–Crippen MR) is 151 cm³/mol. The Balaban J connectivity index is 1.41. The minimum Gasteiger partial charge on any atom is -0.392 e. The largest absolute Gasteiger partial charge is 0.392 e. The van der Waals surface area contributed by atoms with Crippen LogP contribution in [0.5, 0.6) is 0 Å². The van der Waals surface area contributed by atoms with Gasteiger partial charge in [0.2, 0.25) is 0 Å². The first-order valence-corrected chi connectivity index (χ1v) is 14.7. The SMILES string of the molecule is C[C@]12CC3c4ccc(-c5ccccc5C#N)cc4C[C@]45CCC(=O)C=C4CC[C@H](C35)[C@@H]1CC[C@@]2(O)/C=C\CO. The van der Waals surface area contributed by atoms with Crippen molar-refractivity contribution in [2.75, 3.05) is 6.61 Å². The van der Waals surface area contributed by atoms with Crippen molar-refractivity contribution in [1.82, 2.24) is 0 Å². The molecule has 4 nitrogen and oxygen atoms in total. The van der Waals surface area contributed by atoms with Crippen molar-refractivity contribution in [1.29, 1.82) is 5.26 Å². The number of aliphatic hydroxyl groups is 2. The molecule has 7 rings (SSSR count). The van der Waals surface area contributed by atoms with E-state index < -0.39 is 5.60 Å². The maximum absolute atomic E-state index is 12.6. The van der Waals surface area contributed by atoms with Crippen LogP contribution in [0, 0.1) is 39.9 Å². The van der Waals surface area contributed by atoms with Gasteiger partial charge >= 0.3 is 0 Å². The van der Waals surface area contributed by atoms with Gasteiger partial charge in [0.15, 0.2) is 5.78 Å². The van der Waals surface area contributed by atoms with Crippen LogP contribution in [-0.4, -0.2) is 28.2 Å². The minimum absolute atomic E-state index is 0.00480. The Kier molecular flexibility index (Phi) is 5.61. The zero-order valence-electron chi connectivity index (χ0n) is 22.7. The summed E-state index contributed by atoms with van der Waals surface area (Å²) < 4.78 is 0. The van der Waals surface area contributed by atoms with Crippen LogP contribution in [0.1, 0.15) is 74.5 Å². The number of hydrogen-bond donors (Lipinski definition) is 2. The van der Waals surface area contributed by atoms with Crippen LogP contribution < -0.4 is 0 Å². The summed E-state index contributed by atoms with van der Waals surface area (Å²) in [5.74, 6) is 2.02. The fourth-order valence-electron chi connectivity index (χ4n) is 10.2. The molecule has 2 unspecified atom stereocenters. The Morgan fingerprint density at radius 1 is 1.13 bits per heavy atom. The number of carbonyl (C=O) groups is 1. The van der Waals surface area contributed by atoms with Gasteiger partial charge in [0.1, 0.15) is 0 Å². The summed E-state index contributed by atoms with van der Waals surface area (Å²) in [6, 6.07) is 17.0. The molecule has 5 aliphatic rings. The van der Waals surface area contributed by atoms with E-state index >= 15 is 0 Å². The summed E-state index contributed by atoms with van der Waals surface area (Å²) in [6.45, 7) is 2.25. The van der Waals surface area contributed by atoms with E-state index in [9.17, 15) is 20.3 Å². The number of hydrogen-bond acceptors (Lipinski definition) is 4. The van der Waals surface area contributed by atoms with Crippen LogP contribution >= 0.6 is 0 Å². The molecule has 39 heavy (non-hydrogen) atoms. The van der Waals surface area contributed by atoms with Gasteiger partial charge in [0.25, 0.3) is 0 Å². The molecule has 0 aromatic heterocycles. The van der Waals surface area contributed by atoms with Gasteiger partial charge in [0, 0.05) is 11.8 Å². The number of nitrogens with zero attached hydrogens (tertiary/aromatic N) is 1. The van der Waals surface area contributed by atoms with Gasteiger partial charge in [-0.2, -0.15) is 5.26 Å². The molecule has 2 aromatic carbocycles. The molecule has 0 aliphatic heterocycles. The lowest BCUT2D eigenvalue weighted by Gasteiger charge is -2.65. The molecule has 200 valence electrons. The van der Waals surface area contributed by atoms with E-state index in [4.69, 9.17) is 0 Å². The molecule has 2 aromatic rings. The molecule has 0 heterocycles. The molecular weight excluding hydrogens is 482 g/mol. The smallest absolute Gasteiger partial charge is 0.155 e. The van der Waals surface area contributed by atoms with E-state index in [1.165, 1.54) is 16.7 Å². The van der Waals surface area contributed by atoms with Crippen LogP contribution in [0.15, 0.2) is 66.3 Å². The van der Waals surface area contributed by atoms with Gasteiger partial charge in [0.05, 0.1) is 23.8 Å². The Morgan fingerprint density at radius 3 is 2.79 bits per heavy atom. The van der Waals surface area contributed by atoms with Crippen LogP contribution in [0.3, 0.4) is 0 Å². The summed E-state index contributed by atoms with van der Waals surface area (Å²) >= 11 is 0. The highest BCUT2D eigenvalue weighted by molar-refractivity contribution is 5.91. The van der Waals surface area contributed by atoms with Crippen molar-refractivity contribution < 1.29 is 15.0 Å². The lowest BCUT2D eigenvalue weighted by molar-refractivity contribution is -0.128. The molecule has 4 heteroatoms. The number of carbonyl (C=O) groups excluding carboxylic acids is 1. The molecule has 7 atom stereocenters. The number of ketones is 1. The van der Waals surface area contributed by atoms with E-state index in [1.54, 1.807) is 6.08 Å². The predicted octanol–water partition coefficient (Wildman–Crippen LogP) is 6.27. The summed E-state index contributed by atoms with van der Waals surface area (Å²) in [4.78, 5) is 12.6. The van der Waals surface area contributed by atoms with E-state index in [-0.39, 0.29) is 23.2 Å². The van der Waals surface area contributed by atoms with Crippen LogP contribution in [0.2, 0.25) is 0 Å². The number of rotatable bonds is 3. The summed E-state index contributed by atoms with van der Waals surface area (Å²) in [6.07, 6.45) is 12.9. The molecule has 0 radical (unpaired) electrons. The highest BCUT2D eigenvalue weighted by Gasteiger charge is 2.67. The topological polar surface area (TPSA) is 81.3 Å². The highest BCUT2D eigenvalue weighted by atomic mass is 16.3. The lowest BCUT2D eigenvalue weighted by Crippen LogP contribution is -2.59. The van der Waals surface area contributed by atoms with Gasteiger partial charge in [-0.15, -0.1) is 0 Å². The monoisotopic (exact) mass is 519 g/mol. The minimum atomic E-state index is -0.916. The van der Waals surface area contributed by atoms with Crippen molar-refractivity contribution in [3.63, 3.8) is 0 Å². The van der Waals surface area contributed by atoms with Gasteiger partial charge in [-0.25, -0.2) is 0 Å². The number of allylic oxidation sites excluding steroid dienone is 1. The molecule has 1 spiro atoms. The standard InChI is InChI=1S/C35H37NO3/c1-33-20-30-28-9-7-22(27-6-3-2-5-23(27)21-36)17-24(28)19-34-14-11-26(38)18-25(34)8-10-29(32(30)34)31(33)12-15-35(33,39)13-4-16-37/h2-7,9,13,17-18,29-32,37,39H,8,10-12,14-16,19-20H2,1H3/b13-4-/t29-,30?,31-,32?,33-,34+,35-/m0/s1. The number of nitriles is 1. The molecule has 0 bridgehead atoms. The molecule has 0 saturated heterocycles. The van der Waals surface area contributed by atoms with Crippen molar-refractivity contribution in [3.8, 4) is 17.2 Å². The Labute approximate surface area is 231 Å². The third kappa shape index (κ3) is 3.39. The maximum atomic E-state index is 12.6. The number of aliphatic hydroxyl groups excluding tert-OH is 1. The van der Waals surface area contributed by atoms with Crippen molar-refractivity contribution >= 4 is 5.78 Å². The van der Waals surface area contributed by atoms with E-state index in [1.807, 2.05) is 36.4 Å². The summed E-state index contributed by atoms with van der Waals surface area (Å²) in [5.41, 5.74) is 5.66.